The Morgan fingerprint density at radius 3 is 2.57 bits per heavy atom. The molecule has 1 fully saturated rings. The van der Waals surface area contributed by atoms with Gasteiger partial charge in [0.2, 0.25) is 0 Å². The molecular weight excluding hydrogens is 182 g/mol. The second-order valence-electron chi connectivity index (χ2n) is 3.03. The Morgan fingerprint density at radius 2 is 1.93 bits per heavy atom. The van der Waals surface area contributed by atoms with E-state index in [1.807, 2.05) is 0 Å². The Labute approximate surface area is 81.7 Å². The van der Waals surface area contributed by atoms with Crippen LogP contribution in [0.15, 0.2) is 18.7 Å². The van der Waals surface area contributed by atoms with Crippen molar-refractivity contribution in [1.29, 1.82) is 0 Å². The lowest BCUT2D eigenvalue weighted by Crippen LogP contribution is -2.40. The lowest BCUT2D eigenvalue weighted by Gasteiger charge is -2.26. The van der Waals surface area contributed by atoms with Gasteiger partial charge in [0.05, 0.1) is 18.8 Å². The number of ether oxygens (including phenoxy) is 1. The number of rotatable bonds is 1. The van der Waals surface area contributed by atoms with E-state index in [4.69, 9.17) is 4.74 Å². The average Bonchev–Trinajstić information content (AvgIpc) is 2.30. The van der Waals surface area contributed by atoms with Crippen molar-refractivity contribution in [3.8, 4) is 0 Å². The molecule has 2 heterocycles. The zero-order chi connectivity index (χ0) is 9.80. The van der Waals surface area contributed by atoms with Gasteiger partial charge in [-0.05, 0) is 0 Å². The predicted octanol–water partition coefficient (Wildman–Crippen LogP) is -0.0510. The quantitative estimate of drug-likeness (QED) is 0.627. The van der Waals surface area contributed by atoms with Crippen molar-refractivity contribution in [2.24, 2.45) is 0 Å². The van der Waals surface area contributed by atoms with Crippen LogP contribution in [0.25, 0.3) is 0 Å². The normalized spacial score (nSPS) is 16.7. The second kappa shape index (κ2) is 4.15. The highest BCUT2D eigenvalue weighted by Gasteiger charge is 2.18. The SMILES string of the molecule is O=C(c1cncnc1)N1CCOCC1. The van der Waals surface area contributed by atoms with Crippen LogP contribution in [0.2, 0.25) is 0 Å². The number of carbonyl (C=O) groups is 1. The number of aromatic nitrogens is 2. The molecule has 1 amide bonds. The van der Waals surface area contributed by atoms with E-state index >= 15 is 0 Å². The molecule has 0 aliphatic carbocycles. The minimum absolute atomic E-state index is 0.0195. The summed E-state index contributed by atoms with van der Waals surface area (Å²) in [5.74, 6) is -0.0195. The summed E-state index contributed by atoms with van der Waals surface area (Å²) in [7, 11) is 0. The maximum Gasteiger partial charge on any atom is 0.257 e. The number of morpholine rings is 1. The molecule has 2 rings (SSSR count). The molecule has 5 nitrogen and oxygen atoms in total. The molecule has 1 aromatic rings. The average molecular weight is 193 g/mol. The molecule has 0 unspecified atom stereocenters. The van der Waals surface area contributed by atoms with Crippen molar-refractivity contribution in [2.45, 2.75) is 0 Å². The Morgan fingerprint density at radius 1 is 1.29 bits per heavy atom. The minimum Gasteiger partial charge on any atom is -0.378 e. The van der Waals surface area contributed by atoms with Crippen molar-refractivity contribution in [1.82, 2.24) is 14.9 Å². The molecule has 1 aromatic heterocycles. The number of hydrogen-bond acceptors (Lipinski definition) is 4. The summed E-state index contributed by atoms with van der Waals surface area (Å²) in [6.07, 6.45) is 4.48. The molecule has 0 N–H and O–H groups in total. The van der Waals surface area contributed by atoms with Gasteiger partial charge in [0.1, 0.15) is 6.33 Å². The monoisotopic (exact) mass is 193 g/mol. The molecule has 1 aliphatic rings. The van der Waals surface area contributed by atoms with Crippen LogP contribution in [-0.2, 0) is 4.74 Å². The third kappa shape index (κ3) is 1.88. The van der Waals surface area contributed by atoms with E-state index in [2.05, 4.69) is 9.97 Å². The number of amides is 1. The second-order valence-corrected chi connectivity index (χ2v) is 3.03. The van der Waals surface area contributed by atoms with Gasteiger partial charge < -0.3 is 9.64 Å². The van der Waals surface area contributed by atoms with E-state index in [9.17, 15) is 4.79 Å². The first kappa shape index (κ1) is 9.08. The fourth-order valence-electron chi connectivity index (χ4n) is 1.36. The third-order valence-electron chi connectivity index (χ3n) is 2.11. The zero-order valence-corrected chi connectivity index (χ0v) is 7.72. The van der Waals surface area contributed by atoms with Gasteiger partial charge in [-0.15, -0.1) is 0 Å². The molecule has 14 heavy (non-hydrogen) atoms. The van der Waals surface area contributed by atoms with Gasteiger partial charge in [0.15, 0.2) is 0 Å². The van der Waals surface area contributed by atoms with E-state index in [1.165, 1.54) is 18.7 Å². The summed E-state index contributed by atoms with van der Waals surface area (Å²) >= 11 is 0. The Kier molecular flexibility index (Phi) is 2.69. The van der Waals surface area contributed by atoms with E-state index in [-0.39, 0.29) is 5.91 Å². The number of nitrogens with zero attached hydrogens (tertiary/aromatic N) is 3. The van der Waals surface area contributed by atoms with Gasteiger partial charge in [-0.2, -0.15) is 0 Å². The van der Waals surface area contributed by atoms with E-state index < -0.39 is 0 Å². The summed E-state index contributed by atoms with van der Waals surface area (Å²) in [6, 6.07) is 0. The first-order valence-corrected chi connectivity index (χ1v) is 4.50. The van der Waals surface area contributed by atoms with Gasteiger partial charge in [0.25, 0.3) is 5.91 Å². The highest BCUT2D eigenvalue weighted by atomic mass is 16.5. The van der Waals surface area contributed by atoms with Crippen molar-refractivity contribution < 1.29 is 9.53 Å². The largest absolute Gasteiger partial charge is 0.378 e. The van der Waals surface area contributed by atoms with Crippen LogP contribution in [0.5, 0.6) is 0 Å². The standard InChI is InChI=1S/C9H11N3O2/c13-9(8-5-10-7-11-6-8)12-1-3-14-4-2-12/h5-7H,1-4H2. The van der Waals surface area contributed by atoms with Crippen molar-refractivity contribution in [3.05, 3.63) is 24.3 Å². The fourth-order valence-corrected chi connectivity index (χ4v) is 1.36. The predicted molar refractivity (Wildman–Crippen MR) is 48.8 cm³/mol. The van der Waals surface area contributed by atoms with Crippen molar-refractivity contribution >= 4 is 5.91 Å². The van der Waals surface area contributed by atoms with Gasteiger partial charge in [-0.3, -0.25) is 4.79 Å². The summed E-state index contributed by atoms with van der Waals surface area (Å²) in [6.45, 7) is 2.51. The van der Waals surface area contributed by atoms with Gasteiger partial charge in [-0.1, -0.05) is 0 Å². The van der Waals surface area contributed by atoms with Crippen LogP contribution in [0, 0.1) is 0 Å². The summed E-state index contributed by atoms with van der Waals surface area (Å²) < 4.78 is 5.16. The van der Waals surface area contributed by atoms with E-state index in [0.29, 0.717) is 31.9 Å². The van der Waals surface area contributed by atoms with Crippen LogP contribution in [0.4, 0.5) is 0 Å². The first-order chi connectivity index (χ1) is 6.88. The molecule has 0 saturated carbocycles. The molecule has 0 bridgehead atoms. The first-order valence-electron chi connectivity index (χ1n) is 4.50. The summed E-state index contributed by atoms with van der Waals surface area (Å²) in [5, 5.41) is 0. The van der Waals surface area contributed by atoms with E-state index in [0.717, 1.165) is 0 Å². The number of carbonyl (C=O) groups excluding carboxylic acids is 1. The highest BCUT2D eigenvalue weighted by Crippen LogP contribution is 2.04. The Balaban J connectivity index is 2.07. The molecule has 5 heteroatoms. The maximum absolute atomic E-state index is 11.8. The lowest BCUT2D eigenvalue weighted by atomic mass is 10.3. The van der Waals surface area contributed by atoms with Crippen LogP contribution in [0.3, 0.4) is 0 Å². The molecule has 0 spiro atoms. The van der Waals surface area contributed by atoms with Gasteiger partial charge in [0, 0.05) is 25.5 Å². The van der Waals surface area contributed by atoms with Crippen molar-refractivity contribution in [2.75, 3.05) is 26.3 Å². The Bertz CT molecular complexity index is 309. The van der Waals surface area contributed by atoms with Crippen LogP contribution in [0.1, 0.15) is 10.4 Å². The Hall–Kier alpha value is -1.49. The maximum atomic E-state index is 11.8. The van der Waals surface area contributed by atoms with Crippen molar-refractivity contribution in [3.63, 3.8) is 0 Å². The zero-order valence-electron chi connectivity index (χ0n) is 7.72. The fraction of sp³-hybridized carbons (Fsp3) is 0.444. The van der Waals surface area contributed by atoms with Crippen LogP contribution >= 0.6 is 0 Å². The molecule has 0 atom stereocenters. The molecule has 1 aliphatic heterocycles. The van der Waals surface area contributed by atoms with E-state index in [1.54, 1.807) is 4.90 Å². The smallest absolute Gasteiger partial charge is 0.257 e. The molecule has 74 valence electrons. The molecule has 0 radical (unpaired) electrons. The van der Waals surface area contributed by atoms with Gasteiger partial charge >= 0.3 is 0 Å². The molecule has 0 aromatic carbocycles. The minimum atomic E-state index is -0.0195. The number of hydrogen-bond donors (Lipinski definition) is 0. The van der Waals surface area contributed by atoms with Gasteiger partial charge in [-0.25, -0.2) is 9.97 Å². The molecule has 1 saturated heterocycles. The third-order valence-corrected chi connectivity index (χ3v) is 2.11. The van der Waals surface area contributed by atoms with Crippen LogP contribution in [-0.4, -0.2) is 47.1 Å². The van der Waals surface area contributed by atoms with Crippen LogP contribution < -0.4 is 0 Å². The topological polar surface area (TPSA) is 55.3 Å². The summed E-state index contributed by atoms with van der Waals surface area (Å²) in [5.41, 5.74) is 0.536. The highest BCUT2D eigenvalue weighted by molar-refractivity contribution is 5.93. The summed E-state index contributed by atoms with van der Waals surface area (Å²) in [4.78, 5) is 21.2. The lowest BCUT2D eigenvalue weighted by molar-refractivity contribution is 0.0302. The molecular formula is C9H11N3O2.